The Morgan fingerprint density at radius 3 is 2.26 bits per heavy atom. The van der Waals surface area contributed by atoms with Crippen LogP contribution in [0.1, 0.15) is 118 Å². The molecule has 0 unspecified atom stereocenters. The lowest BCUT2D eigenvalue weighted by Gasteiger charge is -2.36. The number of amides is 3. The van der Waals surface area contributed by atoms with E-state index < -0.39 is 47.7 Å². The summed E-state index contributed by atoms with van der Waals surface area (Å²) < 4.78 is 18.7. The highest BCUT2D eigenvalue weighted by Crippen LogP contribution is 2.39. The van der Waals surface area contributed by atoms with Gasteiger partial charge in [0, 0.05) is 17.8 Å². The number of nitrogens with one attached hydrogen (secondary N) is 3. The molecular formula is C35H60N4O6S. The average Bonchev–Trinajstić information content (AvgIpc) is 3.51. The van der Waals surface area contributed by atoms with E-state index in [0.717, 1.165) is 29.8 Å². The standard InChI is InChI=1S/C35H60N4O6S/c1-11-22(4)28(32(41)36-18-17-26-23(5)37-20-46-26)39-31(40)27(21(2)3)30-29(43-35(9,10)44-30)25(19-24-15-13-12-14-16-24)38-33(42)45-34(6,7)8/h20-22,24-25,27-30H,11-19H2,1-10H3,(H,36,41)(H,38,42)(H,39,40)/t22-,25-,27+,28-,29+,30+/m0/s1. The van der Waals surface area contributed by atoms with Crippen molar-refractivity contribution in [2.45, 2.75) is 156 Å². The molecule has 1 saturated carbocycles. The number of aryl methyl sites for hydroxylation is 1. The molecule has 2 heterocycles. The second-order valence-corrected chi connectivity index (χ2v) is 16.0. The number of hydrogen-bond acceptors (Lipinski definition) is 8. The molecule has 1 aliphatic carbocycles. The Morgan fingerprint density at radius 2 is 1.70 bits per heavy atom. The lowest BCUT2D eigenvalue weighted by molar-refractivity contribution is -0.158. The molecule has 10 nitrogen and oxygen atoms in total. The van der Waals surface area contributed by atoms with Gasteiger partial charge in [-0.15, -0.1) is 11.3 Å². The highest BCUT2D eigenvalue weighted by atomic mass is 32.1. The van der Waals surface area contributed by atoms with Gasteiger partial charge in [0.15, 0.2) is 5.79 Å². The van der Waals surface area contributed by atoms with E-state index in [9.17, 15) is 14.4 Å². The molecule has 1 saturated heterocycles. The number of carbonyl (C=O) groups is 3. The maximum atomic E-state index is 14.2. The van der Waals surface area contributed by atoms with Gasteiger partial charge in [0.1, 0.15) is 23.9 Å². The van der Waals surface area contributed by atoms with Crippen molar-refractivity contribution >= 4 is 29.2 Å². The summed E-state index contributed by atoms with van der Waals surface area (Å²) in [4.78, 5) is 46.3. The summed E-state index contributed by atoms with van der Waals surface area (Å²) in [6, 6.07) is -1.12. The van der Waals surface area contributed by atoms with E-state index in [4.69, 9.17) is 14.2 Å². The van der Waals surface area contributed by atoms with Crippen LogP contribution in [0, 0.1) is 30.6 Å². The molecule has 1 aliphatic heterocycles. The molecule has 1 aromatic heterocycles. The lowest BCUT2D eigenvalue weighted by Crippen LogP contribution is -2.57. The van der Waals surface area contributed by atoms with Gasteiger partial charge in [0.25, 0.3) is 0 Å². The van der Waals surface area contributed by atoms with Gasteiger partial charge in [0.05, 0.1) is 23.2 Å². The van der Waals surface area contributed by atoms with Crippen LogP contribution in [0.4, 0.5) is 4.79 Å². The number of carbonyl (C=O) groups excluding carboxylic acids is 3. The maximum absolute atomic E-state index is 14.2. The van der Waals surface area contributed by atoms with Crippen molar-refractivity contribution < 1.29 is 28.6 Å². The zero-order chi connectivity index (χ0) is 34.2. The van der Waals surface area contributed by atoms with Crippen molar-refractivity contribution in [3.05, 3.63) is 16.1 Å². The van der Waals surface area contributed by atoms with Crippen molar-refractivity contribution in [1.82, 2.24) is 20.9 Å². The van der Waals surface area contributed by atoms with E-state index in [-0.39, 0.29) is 23.7 Å². The van der Waals surface area contributed by atoms with Crippen molar-refractivity contribution in [2.75, 3.05) is 6.54 Å². The van der Waals surface area contributed by atoms with Crippen LogP contribution in [0.25, 0.3) is 0 Å². The second-order valence-electron chi connectivity index (χ2n) is 15.1. The first-order chi connectivity index (χ1) is 21.5. The minimum atomic E-state index is -0.967. The van der Waals surface area contributed by atoms with E-state index in [0.29, 0.717) is 25.3 Å². The molecule has 3 N–H and O–H groups in total. The third-order valence-electron chi connectivity index (χ3n) is 9.24. The van der Waals surface area contributed by atoms with Crippen LogP contribution in [0.3, 0.4) is 0 Å². The predicted molar refractivity (Wildman–Crippen MR) is 181 cm³/mol. The smallest absolute Gasteiger partial charge is 0.407 e. The number of thiazole rings is 1. The van der Waals surface area contributed by atoms with Gasteiger partial charge in [0.2, 0.25) is 11.8 Å². The van der Waals surface area contributed by atoms with Crippen LogP contribution in [0.5, 0.6) is 0 Å². The summed E-state index contributed by atoms with van der Waals surface area (Å²) in [7, 11) is 0. The van der Waals surface area contributed by atoms with Crippen LogP contribution in [-0.4, -0.2) is 65.1 Å². The Bertz CT molecular complexity index is 1140. The van der Waals surface area contributed by atoms with Gasteiger partial charge < -0.3 is 30.2 Å². The number of rotatable bonds is 14. The Balaban J connectivity index is 1.84. The van der Waals surface area contributed by atoms with Crippen molar-refractivity contribution in [2.24, 2.45) is 23.7 Å². The fourth-order valence-corrected chi connectivity index (χ4v) is 7.46. The fraction of sp³-hybridized carbons (Fsp3) is 0.829. The van der Waals surface area contributed by atoms with E-state index in [2.05, 4.69) is 20.9 Å². The van der Waals surface area contributed by atoms with Crippen molar-refractivity contribution in [3.8, 4) is 0 Å². The van der Waals surface area contributed by atoms with Crippen LogP contribution >= 0.6 is 11.3 Å². The molecular weight excluding hydrogens is 604 g/mol. The molecule has 3 amide bonds. The number of ether oxygens (including phenoxy) is 3. The first-order valence-electron chi connectivity index (χ1n) is 17.3. The normalized spacial score (nSPS) is 22.9. The highest BCUT2D eigenvalue weighted by molar-refractivity contribution is 7.09. The Kier molecular flexibility index (Phi) is 13.9. The summed E-state index contributed by atoms with van der Waals surface area (Å²) in [6.45, 7) is 19.6. The minimum absolute atomic E-state index is 0.0808. The molecule has 3 rings (SSSR count). The van der Waals surface area contributed by atoms with Crippen LogP contribution in [-0.2, 0) is 30.2 Å². The molecule has 0 radical (unpaired) electrons. The molecule has 262 valence electrons. The summed E-state index contributed by atoms with van der Waals surface area (Å²) in [5.41, 5.74) is 2.13. The topological polar surface area (TPSA) is 128 Å². The average molecular weight is 665 g/mol. The fourth-order valence-electron chi connectivity index (χ4n) is 6.68. The molecule has 6 atom stereocenters. The summed E-state index contributed by atoms with van der Waals surface area (Å²) >= 11 is 1.58. The van der Waals surface area contributed by atoms with Crippen LogP contribution in [0.15, 0.2) is 5.51 Å². The van der Waals surface area contributed by atoms with E-state index in [1.807, 2.05) is 74.7 Å². The number of hydrogen-bond donors (Lipinski definition) is 3. The highest BCUT2D eigenvalue weighted by Gasteiger charge is 2.52. The Morgan fingerprint density at radius 1 is 1.04 bits per heavy atom. The molecule has 1 aromatic rings. The van der Waals surface area contributed by atoms with Gasteiger partial charge >= 0.3 is 6.09 Å². The molecule has 2 fully saturated rings. The third kappa shape index (κ3) is 11.2. The maximum Gasteiger partial charge on any atom is 0.407 e. The number of aromatic nitrogens is 1. The van der Waals surface area contributed by atoms with Crippen LogP contribution < -0.4 is 16.0 Å². The first kappa shape index (κ1) is 38.2. The molecule has 0 spiro atoms. The van der Waals surface area contributed by atoms with Crippen molar-refractivity contribution in [3.63, 3.8) is 0 Å². The Hall–Kier alpha value is -2.24. The van der Waals surface area contributed by atoms with Crippen molar-refractivity contribution in [1.29, 1.82) is 0 Å². The zero-order valence-corrected chi connectivity index (χ0v) is 30.7. The molecule has 0 aromatic carbocycles. The van der Waals surface area contributed by atoms with Gasteiger partial charge in [-0.3, -0.25) is 9.59 Å². The summed E-state index contributed by atoms with van der Waals surface area (Å²) in [5, 5.41) is 9.28. The molecule has 46 heavy (non-hydrogen) atoms. The largest absolute Gasteiger partial charge is 0.444 e. The number of nitrogens with zero attached hydrogens (tertiary/aromatic N) is 1. The monoisotopic (exact) mass is 664 g/mol. The predicted octanol–water partition coefficient (Wildman–Crippen LogP) is 6.30. The minimum Gasteiger partial charge on any atom is -0.444 e. The summed E-state index contributed by atoms with van der Waals surface area (Å²) in [5.74, 6) is -1.82. The van der Waals surface area contributed by atoms with Gasteiger partial charge in [-0.2, -0.15) is 0 Å². The van der Waals surface area contributed by atoms with E-state index in [1.165, 1.54) is 19.3 Å². The SMILES string of the molecule is CC[C@H](C)[C@H](NC(=O)[C@H](C(C)C)[C@H]1OC(C)(C)O[C@@H]1[C@H](CC1CCCCC1)NC(=O)OC(C)(C)C)C(=O)NCCc1scnc1C. The molecule has 2 aliphatic rings. The second kappa shape index (κ2) is 16.7. The van der Waals surface area contributed by atoms with Gasteiger partial charge in [-0.1, -0.05) is 66.2 Å². The van der Waals surface area contributed by atoms with E-state index in [1.54, 1.807) is 11.3 Å². The molecule has 0 bridgehead atoms. The molecule has 11 heteroatoms. The lowest BCUT2D eigenvalue weighted by atomic mass is 9.79. The zero-order valence-electron chi connectivity index (χ0n) is 29.9. The number of alkyl carbamates (subject to hydrolysis) is 1. The summed E-state index contributed by atoms with van der Waals surface area (Å²) in [6.07, 6.45) is 6.14. The third-order valence-corrected chi connectivity index (χ3v) is 10.2. The van der Waals surface area contributed by atoms with Gasteiger partial charge in [-0.05, 0) is 65.7 Å². The Labute approximate surface area is 280 Å². The van der Waals surface area contributed by atoms with E-state index >= 15 is 0 Å². The van der Waals surface area contributed by atoms with Gasteiger partial charge in [-0.25, -0.2) is 9.78 Å². The quantitative estimate of drug-likeness (QED) is 0.213. The first-order valence-corrected chi connectivity index (χ1v) is 18.2. The van der Waals surface area contributed by atoms with Crippen LogP contribution in [0.2, 0.25) is 0 Å².